The Labute approximate surface area is 105 Å². The van der Waals surface area contributed by atoms with Crippen molar-refractivity contribution in [3.05, 3.63) is 0 Å². The molecule has 0 spiro atoms. The smallest absolute Gasteiger partial charge is 0.239 e. The zero-order chi connectivity index (χ0) is 12.3. The predicted molar refractivity (Wildman–Crippen MR) is 65.4 cm³/mol. The number of carbonyl (C=O) groups is 2. The monoisotopic (exact) mass is 258 g/mol. The molecule has 1 saturated heterocycles. The number of amides is 2. The summed E-state index contributed by atoms with van der Waals surface area (Å²) in [5.74, 6) is 1.21. The van der Waals surface area contributed by atoms with E-state index in [1.165, 1.54) is 11.8 Å². The van der Waals surface area contributed by atoms with Crippen molar-refractivity contribution in [1.29, 1.82) is 0 Å². The summed E-state index contributed by atoms with van der Waals surface area (Å²) in [7, 11) is 0. The summed E-state index contributed by atoms with van der Waals surface area (Å²) in [4.78, 5) is 24.7. The first-order chi connectivity index (χ1) is 8.20. The topological polar surface area (TPSA) is 69.6 Å². The van der Waals surface area contributed by atoms with Gasteiger partial charge >= 0.3 is 0 Å². The quantitative estimate of drug-likeness (QED) is 0.732. The van der Waals surface area contributed by atoms with E-state index in [1.54, 1.807) is 4.90 Å². The number of nitrogens with one attached hydrogen (secondary N) is 1. The van der Waals surface area contributed by atoms with Crippen LogP contribution in [-0.4, -0.2) is 52.6 Å². The van der Waals surface area contributed by atoms with E-state index in [9.17, 15) is 9.59 Å². The van der Waals surface area contributed by atoms with Gasteiger partial charge in [0, 0.05) is 18.6 Å². The summed E-state index contributed by atoms with van der Waals surface area (Å²) >= 11 is 1.54. The Bertz CT molecular complexity index is 311. The molecule has 17 heavy (non-hydrogen) atoms. The number of hydrogen-bond acceptors (Lipinski definition) is 4. The molecule has 96 valence electrons. The second-order valence-electron chi connectivity index (χ2n) is 4.62. The maximum absolute atomic E-state index is 11.8. The van der Waals surface area contributed by atoms with Crippen LogP contribution in [0.2, 0.25) is 0 Å². The lowest BCUT2D eigenvalue weighted by atomic mass is 10.1. The third kappa shape index (κ3) is 3.13. The van der Waals surface area contributed by atoms with Crippen LogP contribution in [0, 0.1) is 5.92 Å². The fourth-order valence-corrected chi connectivity index (χ4v) is 3.32. The highest BCUT2D eigenvalue weighted by Crippen LogP contribution is 2.25. The van der Waals surface area contributed by atoms with E-state index in [4.69, 9.17) is 5.11 Å². The molecule has 1 heterocycles. The number of aliphatic hydroxyl groups excluding tert-OH is 1. The number of thioether (sulfide) groups is 1. The molecule has 0 aromatic heterocycles. The van der Waals surface area contributed by atoms with Crippen molar-refractivity contribution < 1.29 is 14.7 Å². The Kier molecular flexibility index (Phi) is 4.28. The van der Waals surface area contributed by atoms with Gasteiger partial charge in [0.05, 0.1) is 11.6 Å². The van der Waals surface area contributed by atoms with Crippen LogP contribution in [0.15, 0.2) is 0 Å². The molecule has 1 aliphatic heterocycles. The molecule has 0 aromatic rings. The van der Waals surface area contributed by atoms with E-state index in [2.05, 4.69) is 5.32 Å². The minimum Gasteiger partial charge on any atom is -0.396 e. The van der Waals surface area contributed by atoms with Crippen LogP contribution in [0.4, 0.5) is 0 Å². The molecule has 2 unspecified atom stereocenters. The molecule has 2 aliphatic rings. The van der Waals surface area contributed by atoms with Crippen LogP contribution < -0.4 is 5.32 Å². The van der Waals surface area contributed by atoms with E-state index in [0.29, 0.717) is 11.6 Å². The van der Waals surface area contributed by atoms with E-state index >= 15 is 0 Å². The van der Waals surface area contributed by atoms with Gasteiger partial charge in [0.25, 0.3) is 0 Å². The molecule has 2 amide bonds. The van der Waals surface area contributed by atoms with Gasteiger partial charge in [-0.2, -0.15) is 0 Å². The Hall–Kier alpha value is -0.750. The highest BCUT2D eigenvalue weighted by Gasteiger charge is 2.29. The van der Waals surface area contributed by atoms with Gasteiger partial charge in [0.15, 0.2) is 0 Å². The van der Waals surface area contributed by atoms with Crippen LogP contribution in [0.25, 0.3) is 0 Å². The molecule has 0 aromatic carbocycles. The van der Waals surface area contributed by atoms with Crippen molar-refractivity contribution >= 4 is 23.6 Å². The predicted octanol–water partition coefficient (Wildman–Crippen LogP) is -0.203. The molecule has 5 nitrogen and oxygen atoms in total. The zero-order valence-electron chi connectivity index (χ0n) is 9.72. The minimum absolute atomic E-state index is 0.0373. The lowest BCUT2D eigenvalue weighted by Crippen LogP contribution is -2.44. The number of rotatable bonds is 4. The third-order valence-electron chi connectivity index (χ3n) is 3.40. The average molecular weight is 258 g/mol. The van der Waals surface area contributed by atoms with Crippen molar-refractivity contribution in [2.24, 2.45) is 5.92 Å². The lowest BCUT2D eigenvalue weighted by Gasteiger charge is -2.21. The van der Waals surface area contributed by atoms with Crippen LogP contribution in [0.3, 0.4) is 0 Å². The summed E-state index contributed by atoms with van der Waals surface area (Å²) < 4.78 is 0. The average Bonchev–Trinajstić information content (AvgIpc) is 2.89. The molecule has 2 atom stereocenters. The SMILES string of the molecule is O=C(CN1CSCC1=O)NC1CCCC1CO. The second-order valence-corrected chi connectivity index (χ2v) is 5.57. The van der Waals surface area contributed by atoms with Crippen molar-refractivity contribution in [2.45, 2.75) is 25.3 Å². The molecule has 1 saturated carbocycles. The lowest BCUT2D eigenvalue weighted by molar-refractivity contribution is -0.132. The molecule has 2 fully saturated rings. The zero-order valence-corrected chi connectivity index (χ0v) is 10.5. The molecule has 0 bridgehead atoms. The van der Waals surface area contributed by atoms with E-state index in [-0.39, 0.29) is 36.9 Å². The summed E-state index contributed by atoms with van der Waals surface area (Å²) in [5.41, 5.74) is 0. The largest absolute Gasteiger partial charge is 0.396 e. The molecular formula is C11H18N2O3S. The van der Waals surface area contributed by atoms with Gasteiger partial charge in [-0.1, -0.05) is 6.42 Å². The molecule has 1 aliphatic carbocycles. The van der Waals surface area contributed by atoms with Gasteiger partial charge in [-0.3, -0.25) is 9.59 Å². The molecule has 2 N–H and O–H groups in total. The maximum Gasteiger partial charge on any atom is 0.239 e. The Morgan fingerprint density at radius 2 is 2.35 bits per heavy atom. The summed E-state index contributed by atoms with van der Waals surface area (Å²) in [6, 6.07) is 0.0814. The van der Waals surface area contributed by atoms with Gasteiger partial charge in [-0.25, -0.2) is 0 Å². The first-order valence-corrected chi connectivity index (χ1v) is 7.12. The standard InChI is InChI=1S/C11H18N2O3S/c14-5-8-2-1-3-9(8)12-10(15)4-13-7-17-6-11(13)16/h8-9,14H,1-7H2,(H,12,15). The number of nitrogens with zero attached hydrogens (tertiary/aromatic N) is 1. The molecule has 0 radical (unpaired) electrons. The Balaban J connectivity index is 1.78. The number of aliphatic hydroxyl groups is 1. The van der Waals surface area contributed by atoms with Crippen LogP contribution >= 0.6 is 11.8 Å². The van der Waals surface area contributed by atoms with Gasteiger partial charge in [-0.05, 0) is 12.8 Å². The summed E-state index contributed by atoms with van der Waals surface area (Å²) in [6.07, 6.45) is 2.95. The van der Waals surface area contributed by atoms with Gasteiger partial charge in [-0.15, -0.1) is 11.8 Å². The van der Waals surface area contributed by atoms with Crippen molar-refractivity contribution in [3.8, 4) is 0 Å². The van der Waals surface area contributed by atoms with E-state index in [0.717, 1.165) is 19.3 Å². The van der Waals surface area contributed by atoms with Crippen molar-refractivity contribution in [3.63, 3.8) is 0 Å². The molecule has 2 rings (SSSR count). The Morgan fingerprint density at radius 1 is 1.53 bits per heavy atom. The van der Waals surface area contributed by atoms with Crippen LogP contribution in [0.1, 0.15) is 19.3 Å². The van der Waals surface area contributed by atoms with Crippen molar-refractivity contribution in [2.75, 3.05) is 24.8 Å². The first-order valence-electron chi connectivity index (χ1n) is 5.96. The van der Waals surface area contributed by atoms with Gasteiger partial charge in [0.1, 0.15) is 6.54 Å². The van der Waals surface area contributed by atoms with Crippen LogP contribution in [-0.2, 0) is 9.59 Å². The Morgan fingerprint density at radius 3 is 3.00 bits per heavy atom. The molecular weight excluding hydrogens is 240 g/mol. The highest BCUT2D eigenvalue weighted by molar-refractivity contribution is 8.00. The second kappa shape index (κ2) is 5.73. The van der Waals surface area contributed by atoms with E-state index < -0.39 is 0 Å². The van der Waals surface area contributed by atoms with Gasteiger partial charge in [0.2, 0.25) is 11.8 Å². The fourth-order valence-electron chi connectivity index (χ4n) is 2.41. The number of carbonyl (C=O) groups excluding carboxylic acids is 2. The minimum atomic E-state index is -0.105. The summed E-state index contributed by atoms with van der Waals surface area (Å²) in [6.45, 7) is 0.282. The third-order valence-corrected chi connectivity index (χ3v) is 4.35. The van der Waals surface area contributed by atoms with Crippen molar-refractivity contribution in [1.82, 2.24) is 10.2 Å². The number of hydrogen-bond donors (Lipinski definition) is 2. The highest BCUT2D eigenvalue weighted by atomic mass is 32.2. The fraction of sp³-hybridized carbons (Fsp3) is 0.818. The molecule has 6 heteroatoms. The first kappa shape index (κ1) is 12.7. The maximum atomic E-state index is 11.8. The normalized spacial score (nSPS) is 28.8. The summed E-state index contributed by atoms with van der Waals surface area (Å²) in [5, 5.41) is 12.1. The van der Waals surface area contributed by atoms with Crippen LogP contribution in [0.5, 0.6) is 0 Å². The van der Waals surface area contributed by atoms with E-state index in [1.807, 2.05) is 0 Å². The van der Waals surface area contributed by atoms with Gasteiger partial charge < -0.3 is 15.3 Å².